The van der Waals surface area contributed by atoms with Crippen LogP contribution in [0.5, 0.6) is 0 Å². The molecule has 1 atom stereocenters. The average molecular weight is 331 g/mol. The van der Waals surface area contributed by atoms with Crippen LogP contribution in [0.1, 0.15) is 18.7 Å². The lowest BCUT2D eigenvalue weighted by atomic mass is 10.0. The third-order valence-corrected chi connectivity index (χ3v) is 4.83. The molecule has 0 aromatic carbocycles. The van der Waals surface area contributed by atoms with Gasteiger partial charge in [-0.2, -0.15) is 0 Å². The van der Waals surface area contributed by atoms with Gasteiger partial charge in [-0.1, -0.05) is 13.8 Å². The van der Waals surface area contributed by atoms with Crippen molar-refractivity contribution >= 4 is 39.1 Å². The number of thiophene rings is 1. The molecule has 1 aliphatic heterocycles. The van der Waals surface area contributed by atoms with Gasteiger partial charge in [-0.05, 0) is 33.3 Å². The summed E-state index contributed by atoms with van der Waals surface area (Å²) in [5, 5.41) is 4.72. The summed E-state index contributed by atoms with van der Waals surface area (Å²) >= 11 is 5.03. The second-order valence-corrected chi connectivity index (χ2v) is 6.53. The maximum Gasteiger partial charge on any atom is 0.246 e. The van der Waals surface area contributed by atoms with Crippen molar-refractivity contribution in [1.29, 1.82) is 0 Å². The highest BCUT2D eigenvalue weighted by Gasteiger charge is 2.34. The Morgan fingerprint density at radius 3 is 2.83 bits per heavy atom. The van der Waals surface area contributed by atoms with Crippen LogP contribution in [0.15, 0.2) is 15.9 Å². The molecular weight excluding hydrogens is 316 g/mol. The van der Waals surface area contributed by atoms with E-state index in [2.05, 4.69) is 21.2 Å². The first-order valence-corrected chi connectivity index (χ1v) is 7.46. The van der Waals surface area contributed by atoms with Crippen LogP contribution in [0.4, 0.5) is 0 Å². The van der Waals surface area contributed by atoms with E-state index in [9.17, 15) is 9.59 Å². The minimum absolute atomic E-state index is 0.00454. The van der Waals surface area contributed by atoms with Crippen LogP contribution in [0.25, 0.3) is 0 Å². The Bertz CT molecular complexity index is 472. The number of piperazine rings is 1. The molecule has 0 spiro atoms. The van der Waals surface area contributed by atoms with Crippen LogP contribution < -0.4 is 5.32 Å². The van der Waals surface area contributed by atoms with E-state index in [1.165, 1.54) is 0 Å². The standard InChI is InChI=1S/C12H15BrN2O2S/c1-7(2)11-12(17)15(6-10(16)14-11)5-9-8(13)3-4-18-9/h3-4,7,11H,5-6H2,1-2H3,(H,14,16). The van der Waals surface area contributed by atoms with E-state index in [-0.39, 0.29) is 24.3 Å². The maximum atomic E-state index is 12.3. The normalized spacial score (nSPS) is 20.4. The van der Waals surface area contributed by atoms with Gasteiger partial charge < -0.3 is 10.2 Å². The molecule has 0 saturated carbocycles. The zero-order chi connectivity index (χ0) is 13.3. The van der Waals surface area contributed by atoms with Crippen LogP contribution in [0.3, 0.4) is 0 Å². The largest absolute Gasteiger partial charge is 0.343 e. The molecule has 0 radical (unpaired) electrons. The lowest BCUT2D eigenvalue weighted by Gasteiger charge is -2.34. The van der Waals surface area contributed by atoms with Crippen molar-refractivity contribution in [3.05, 3.63) is 20.8 Å². The van der Waals surface area contributed by atoms with Crippen molar-refractivity contribution in [3.63, 3.8) is 0 Å². The van der Waals surface area contributed by atoms with Gasteiger partial charge >= 0.3 is 0 Å². The molecule has 1 aromatic rings. The first-order valence-electron chi connectivity index (χ1n) is 5.79. The van der Waals surface area contributed by atoms with Gasteiger partial charge in [0.25, 0.3) is 0 Å². The van der Waals surface area contributed by atoms with Gasteiger partial charge in [0.1, 0.15) is 6.04 Å². The summed E-state index contributed by atoms with van der Waals surface area (Å²) in [6, 6.07) is 1.55. The summed E-state index contributed by atoms with van der Waals surface area (Å²) in [6.07, 6.45) is 0. The van der Waals surface area contributed by atoms with E-state index in [0.717, 1.165) is 9.35 Å². The van der Waals surface area contributed by atoms with Gasteiger partial charge in [-0.25, -0.2) is 0 Å². The third-order valence-electron chi connectivity index (χ3n) is 2.92. The number of amides is 2. The number of carbonyl (C=O) groups is 2. The minimum atomic E-state index is -0.398. The Labute approximate surface area is 118 Å². The van der Waals surface area contributed by atoms with Crippen molar-refractivity contribution in [2.75, 3.05) is 6.54 Å². The highest BCUT2D eigenvalue weighted by Crippen LogP contribution is 2.25. The zero-order valence-electron chi connectivity index (χ0n) is 10.3. The molecule has 1 saturated heterocycles. The fraction of sp³-hybridized carbons (Fsp3) is 0.500. The monoisotopic (exact) mass is 330 g/mol. The molecule has 1 aromatic heterocycles. The quantitative estimate of drug-likeness (QED) is 0.921. The smallest absolute Gasteiger partial charge is 0.246 e. The fourth-order valence-corrected chi connectivity index (χ4v) is 3.42. The van der Waals surface area contributed by atoms with Crippen LogP contribution in [0, 0.1) is 5.92 Å². The molecule has 2 amide bonds. The van der Waals surface area contributed by atoms with Crippen LogP contribution in [-0.4, -0.2) is 29.3 Å². The van der Waals surface area contributed by atoms with Gasteiger partial charge in [-0.15, -0.1) is 11.3 Å². The second kappa shape index (κ2) is 5.40. The Kier molecular flexibility index (Phi) is 4.07. The number of nitrogens with zero attached hydrogens (tertiary/aromatic N) is 1. The van der Waals surface area contributed by atoms with Crippen molar-refractivity contribution < 1.29 is 9.59 Å². The van der Waals surface area contributed by atoms with Gasteiger partial charge in [0.05, 0.1) is 13.1 Å². The summed E-state index contributed by atoms with van der Waals surface area (Å²) < 4.78 is 0.993. The highest BCUT2D eigenvalue weighted by molar-refractivity contribution is 9.10. The molecular formula is C12H15BrN2O2S. The van der Waals surface area contributed by atoms with Crippen molar-refractivity contribution in [2.45, 2.75) is 26.4 Å². The molecule has 0 aliphatic carbocycles. The second-order valence-electron chi connectivity index (χ2n) is 4.68. The van der Waals surface area contributed by atoms with Gasteiger partial charge in [0.15, 0.2) is 0 Å². The highest BCUT2D eigenvalue weighted by atomic mass is 79.9. The SMILES string of the molecule is CC(C)C1NC(=O)CN(Cc2sccc2Br)C1=O. The van der Waals surface area contributed by atoms with E-state index < -0.39 is 6.04 Å². The lowest BCUT2D eigenvalue weighted by molar-refractivity contribution is -0.146. The minimum Gasteiger partial charge on any atom is -0.343 e. The van der Waals surface area contributed by atoms with E-state index in [0.29, 0.717) is 6.54 Å². The molecule has 98 valence electrons. The molecule has 6 heteroatoms. The summed E-state index contributed by atoms with van der Waals surface area (Å²) in [6.45, 7) is 4.51. The van der Waals surface area contributed by atoms with E-state index >= 15 is 0 Å². The van der Waals surface area contributed by atoms with E-state index in [4.69, 9.17) is 0 Å². The summed E-state index contributed by atoms with van der Waals surface area (Å²) in [7, 11) is 0. The summed E-state index contributed by atoms with van der Waals surface area (Å²) in [4.78, 5) is 26.6. The molecule has 18 heavy (non-hydrogen) atoms. The third kappa shape index (κ3) is 2.75. The molecule has 0 bridgehead atoms. The average Bonchev–Trinajstić information content (AvgIpc) is 2.69. The molecule has 1 N–H and O–H groups in total. The van der Waals surface area contributed by atoms with Gasteiger partial charge in [0.2, 0.25) is 11.8 Å². The topological polar surface area (TPSA) is 49.4 Å². The van der Waals surface area contributed by atoms with Gasteiger partial charge in [-0.3, -0.25) is 9.59 Å². The predicted molar refractivity (Wildman–Crippen MR) is 74.2 cm³/mol. The van der Waals surface area contributed by atoms with Crippen molar-refractivity contribution in [1.82, 2.24) is 10.2 Å². The van der Waals surface area contributed by atoms with Gasteiger partial charge in [0, 0.05) is 9.35 Å². The number of carbonyl (C=O) groups excluding carboxylic acids is 2. The zero-order valence-corrected chi connectivity index (χ0v) is 12.7. The molecule has 4 nitrogen and oxygen atoms in total. The van der Waals surface area contributed by atoms with E-state index in [1.54, 1.807) is 16.2 Å². The van der Waals surface area contributed by atoms with Crippen LogP contribution in [0.2, 0.25) is 0 Å². The Hall–Kier alpha value is -0.880. The molecule has 1 aliphatic rings. The van der Waals surface area contributed by atoms with Crippen LogP contribution >= 0.6 is 27.3 Å². The Morgan fingerprint density at radius 1 is 1.56 bits per heavy atom. The number of rotatable bonds is 3. The fourth-order valence-electron chi connectivity index (χ4n) is 1.93. The Morgan fingerprint density at radius 2 is 2.28 bits per heavy atom. The number of halogens is 1. The van der Waals surface area contributed by atoms with Crippen molar-refractivity contribution in [2.24, 2.45) is 5.92 Å². The number of hydrogen-bond acceptors (Lipinski definition) is 3. The number of nitrogens with one attached hydrogen (secondary N) is 1. The molecule has 1 fully saturated rings. The maximum absolute atomic E-state index is 12.3. The summed E-state index contributed by atoms with van der Waals surface area (Å²) in [5.41, 5.74) is 0. The van der Waals surface area contributed by atoms with E-state index in [1.807, 2.05) is 25.3 Å². The predicted octanol–water partition coefficient (Wildman–Crippen LogP) is 1.99. The summed E-state index contributed by atoms with van der Waals surface area (Å²) in [5.74, 6) is 0.0295. The molecule has 2 heterocycles. The van der Waals surface area contributed by atoms with Crippen molar-refractivity contribution in [3.8, 4) is 0 Å². The Balaban J connectivity index is 2.14. The van der Waals surface area contributed by atoms with Crippen LogP contribution in [-0.2, 0) is 16.1 Å². The lowest BCUT2D eigenvalue weighted by Crippen LogP contribution is -2.59. The first-order chi connectivity index (χ1) is 8.49. The number of hydrogen-bond donors (Lipinski definition) is 1. The first kappa shape index (κ1) is 13.5. The molecule has 2 rings (SSSR count). The molecule has 1 unspecified atom stereocenters.